The second-order valence-electron chi connectivity index (χ2n) is 5.93. The van der Waals surface area contributed by atoms with E-state index < -0.39 is 0 Å². The SMILES string of the molecule is O=C(NCCO)c1cccc(NC2CCCOc3ccc(F)cc32)c1. The smallest absolute Gasteiger partial charge is 0.251 e. The molecule has 0 aromatic heterocycles. The molecular weight excluding hydrogens is 323 g/mol. The number of anilines is 1. The molecule has 0 fully saturated rings. The third kappa shape index (κ3) is 4.28. The summed E-state index contributed by atoms with van der Waals surface area (Å²) in [6.45, 7) is 0.706. The summed E-state index contributed by atoms with van der Waals surface area (Å²) in [5.41, 5.74) is 2.06. The molecule has 132 valence electrons. The van der Waals surface area contributed by atoms with E-state index in [-0.39, 0.29) is 30.9 Å². The van der Waals surface area contributed by atoms with Gasteiger partial charge < -0.3 is 20.5 Å². The first-order valence-electron chi connectivity index (χ1n) is 8.35. The number of benzene rings is 2. The van der Waals surface area contributed by atoms with Gasteiger partial charge in [0, 0.05) is 23.4 Å². The second-order valence-corrected chi connectivity index (χ2v) is 5.93. The normalized spacial score (nSPS) is 16.3. The number of ether oxygens (including phenoxy) is 1. The van der Waals surface area contributed by atoms with Crippen LogP contribution in [-0.2, 0) is 0 Å². The molecule has 0 bridgehead atoms. The van der Waals surface area contributed by atoms with Gasteiger partial charge in [-0.05, 0) is 49.2 Å². The van der Waals surface area contributed by atoms with E-state index in [1.165, 1.54) is 12.1 Å². The summed E-state index contributed by atoms with van der Waals surface area (Å²) >= 11 is 0. The first-order valence-corrected chi connectivity index (χ1v) is 8.35. The molecular formula is C19H21FN2O3. The zero-order chi connectivity index (χ0) is 17.6. The van der Waals surface area contributed by atoms with Gasteiger partial charge in [-0.15, -0.1) is 0 Å². The Morgan fingerprint density at radius 1 is 1.28 bits per heavy atom. The van der Waals surface area contributed by atoms with Crippen LogP contribution in [0, 0.1) is 5.82 Å². The molecule has 5 nitrogen and oxygen atoms in total. The lowest BCUT2D eigenvalue weighted by Gasteiger charge is -2.20. The van der Waals surface area contributed by atoms with Gasteiger partial charge in [0.2, 0.25) is 0 Å². The third-order valence-corrected chi connectivity index (χ3v) is 4.10. The third-order valence-electron chi connectivity index (χ3n) is 4.10. The van der Waals surface area contributed by atoms with Crippen molar-refractivity contribution in [2.45, 2.75) is 18.9 Å². The number of amides is 1. The van der Waals surface area contributed by atoms with Gasteiger partial charge in [0.1, 0.15) is 11.6 Å². The van der Waals surface area contributed by atoms with Crippen molar-refractivity contribution in [2.24, 2.45) is 0 Å². The number of aliphatic hydroxyl groups is 1. The number of fused-ring (bicyclic) bond motifs is 1. The number of hydrogen-bond acceptors (Lipinski definition) is 4. The summed E-state index contributed by atoms with van der Waals surface area (Å²) in [4.78, 5) is 12.0. The van der Waals surface area contributed by atoms with Gasteiger partial charge in [0.25, 0.3) is 5.91 Å². The van der Waals surface area contributed by atoms with Crippen LogP contribution in [0.15, 0.2) is 42.5 Å². The Morgan fingerprint density at radius 3 is 3.00 bits per heavy atom. The van der Waals surface area contributed by atoms with E-state index >= 15 is 0 Å². The molecule has 1 heterocycles. The minimum Gasteiger partial charge on any atom is -0.493 e. The van der Waals surface area contributed by atoms with Gasteiger partial charge in [0.05, 0.1) is 19.3 Å². The zero-order valence-corrected chi connectivity index (χ0v) is 13.8. The van der Waals surface area contributed by atoms with Gasteiger partial charge in [-0.25, -0.2) is 4.39 Å². The van der Waals surface area contributed by atoms with Crippen LogP contribution in [0.4, 0.5) is 10.1 Å². The average Bonchev–Trinajstić information content (AvgIpc) is 2.82. The largest absolute Gasteiger partial charge is 0.493 e. The van der Waals surface area contributed by atoms with Crippen LogP contribution in [0.5, 0.6) is 5.75 Å². The first-order chi connectivity index (χ1) is 12.2. The molecule has 0 saturated heterocycles. The van der Waals surface area contributed by atoms with E-state index in [4.69, 9.17) is 9.84 Å². The number of rotatable bonds is 5. The van der Waals surface area contributed by atoms with E-state index in [1.807, 2.05) is 6.07 Å². The fourth-order valence-electron chi connectivity index (χ4n) is 2.92. The van der Waals surface area contributed by atoms with Gasteiger partial charge in [-0.1, -0.05) is 6.07 Å². The van der Waals surface area contributed by atoms with Crippen LogP contribution in [0.25, 0.3) is 0 Å². The molecule has 1 atom stereocenters. The van der Waals surface area contributed by atoms with Crippen LogP contribution in [0.2, 0.25) is 0 Å². The van der Waals surface area contributed by atoms with Crippen molar-refractivity contribution in [2.75, 3.05) is 25.1 Å². The van der Waals surface area contributed by atoms with Crippen LogP contribution in [0.1, 0.15) is 34.8 Å². The molecule has 2 aromatic rings. The van der Waals surface area contributed by atoms with E-state index in [9.17, 15) is 9.18 Å². The maximum absolute atomic E-state index is 13.7. The molecule has 1 amide bonds. The highest BCUT2D eigenvalue weighted by Gasteiger charge is 2.20. The lowest BCUT2D eigenvalue weighted by atomic mass is 10.0. The Kier molecular flexibility index (Phi) is 5.50. The van der Waals surface area contributed by atoms with Gasteiger partial charge in [-0.3, -0.25) is 4.79 Å². The lowest BCUT2D eigenvalue weighted by molar-refractivity contribution is 0.0945. The fourth-order valence-corrected chi connectivity index (χ4v) is 2.92. The molecule has 3 rings (SSSR count). The van der Waals surface area contributed by atoms with Crippen LogP contribution >= 0.6 is 0 Å². The summed E-state index contributed by atoms with van der Waals surface area (Å²) in [5, 5.41) is 14.8. The maximum atomic E-state index is 13.7. The summed E-state index contributed by atoms with van der Waals surface area (Å²) in [7, 11) is 0. The summed E-state index contributed by atoms with van der Waals surface area (Å²) in [6, 6.07) is 11.6. The highest BCUT2D eigenvalue weighted by molar-refractivity contribution is 5.95. The lowest BCUT2D eigenvalue weighted by Crippen LogP contribution is -2.26. The van der Waals surface area contributed by atoms with Crippen molar-refractivity contribution >= 4 is 11.6 Å². The van der Waals surface area contributed by atoms with Crippen molar-refractivity contribution in [1.29, 1.82) is 0 Å². The Hall–Kier alpha value is -2.60. The predicted octanol–water partition coefficient (Wildman–Crippen LogP) is 2.87. The first kappa shape index (κ1) is 17.2. The molecule has 2 aromatic carbocycles. The molecule has 1 aliphatic heterocycles. The number of hydrogen-bond donors (Lipinski definition) is 3. The van der Waals surface area contributed by atoms with Crippen molar-refractivity contribution in [3.8, 4) is 5.75 Å². The van der Waals surface area contributed by atoms with E-state index in [0.717, 1.165) is 24.1 Å². The molecule has 0 aliphatic carbocycles. The Labute approximate surface area is 145 Å². The standard InChI is InChI=1S/C19H21FN2O3/c20-14-6-7-18-16(12-14)17(5-2-10-25-18)22-15-4-1-3-13(11-15)19(24)21-8-9-23/h1,3-4,6-7,11-12,17,22-23H,2,5,8-10H2,(H,21,24). The Balaban J connectivity index is 1.80. The molecule has 1 aliphatic rings. The van der Waals surface area contributed by atoms with Crippen molar-refractivity contribution in [1.82, 2.24) is 5.32 Å². The quantitative estimate of drug-likeness (QED) is 0.780. The Bertz CT molecular complexity index is 751. The molecule has 25 heavy (non-hydrogen) atoms. The van der Waals surface area contributed by atoms with Crippen LogP contribution < -0.4 is 15.4 Å². The van der Waals surface area contributed by atoms with Crippen LogP contribution in [-0.4, -0.2) is 30.8 Å². The highest BCUT2D eigenvalue weighted by atomic mass is 19.1. The summed E-state index contributed by atoms with van der Waals surface area (Å²) in [6.07, 6.45) is 1.65. The van der Waals surface area contributed by atoms with Crippen LogP contribution in [0.3, 0.4) is 0 Å². The summed E-state index contributed by atoms with van der Waals surface area (Å²) in [5.74, 6) is 0.148. The number of aliphatic hydroxyl groups excluding tert-OH is 1. The van der Waals surface area contributed by atoms with Crippen molar-refractivity contribution in [3.63, 3.8) is 0 Å². The minimum absolute atomic E-state index is 0.0936. The van der Waals surface area contributed by atoms with Gasteiger partial charge in [0.15, 0.2) is 0 Å². The molecule has 0 spiro atoms. The van der Waals surface area contributed by atoms with Crippen molar-refractivity contribution < 1.29 is 19.0 Å². The van der Waals surface area contributed by atoms with E-state index in [1.54, 1.807) is 24.3 Å². The van der Waals surface area contributed by atoms with E-state index in [2.05, 4.69) is 10.6 Å². The Morgan fingerprint density at radius 2 is 2.16 bits per heavy atom. The molecule has 3 N–H and O–H groups in total. The maximum Gasteiger partial charge on any atom is 0.251 e. The topological polar surface area (TPSA) is 70.6 Å². The molecule has 0 saturated carbocycles. The molecule has 1 unspecified atom stereocenters. The predicted molar refractivity (Wildman–Crippen MR) is 93.4 cm³/mol. The minimum atomic E-state index is -0.298. The fraction of sp³-hybridized carbons (Fsp3) is 0.316. The highest BCUT2D eigenvalue weighted by Crippen LogP contribution is 2.34. The number of halogens is 1. The summed E-state index contributed by atoms with van der Waals surface area (Å²) < 4.78 is 19.4. The average molecular weight is 344 g/mol. The molecule has 6 heteroatoms. The second kappa shape index (κ2) is 7.98. The molecule has 0 radical (unpaired) electrons. The monoisotopic (exact) mass is 344 g/mol. The zero-order valence-electron chi connectivity index (χ0n) is 13.8. The van der Waals surface area contributed by atoms with Gasteiger partial charge in [-0.2, -0.15) is 0 Å². The van der Waals surface area contributed by atoms with E-state index in [0.29, 0.717) is 17.9 Å². The van der Waals surface area contributed by atoms with Gasteiger partial charge >= 0.3 is 0 Å². The number of carbonyl (C=O) groups is 1. The number of nitrogens with one attached hydrogen (secondary N) is 2. The van der Waals surface area contributed by atoms with Crippen molar-refractivity contribution in [3.05, 3.63) is 59.4 Å². The number of carbonyl (C=O) groups excluding carboxylic acids is 1.